The van der Waals surface area contributed by atoms with Crippen molar-refractivity contribution in [2.24, 2.45) is 0 Å². The summed E-state index contributed by atoms with van der Waals surface area (Å²) in [6, 6.07) is 7.21. The summed E-state index contributed by atoms with van der Waals surface area (Å²) in [4.78, 5) is 2.56. The van der Waals surface area contributed by atoms with Crippen molar-refractivity contribution in [2.75, 3.05) is 13.6 Å². The summed E-state index contributed by atoms with van der Waals surface area (Å²) in [5, 5.41) is 0. The van der Waals surface area contributed by atoms with E-state index in [1.165, 1.54) is 31.4 Å². The predicted molar refractivity (Wildman–Crippen MR) is 72.4 cm³/mol. The first kappa shape index (κ1) is 11.3. The molecule has 0 amide bonds. The Labute approximate surface area is 105 Å². The van der Waals surface area contributed by atoms with Crippen molar-refractivity contribution in [3.05, 3.63) is 34.9 Å². The molecule has 1 fully saturated rings. The molecule has 1 nitrogen and oxygen atoms in total. The summed E-state index contributed by atoms with van der Waals surface area (Å²) in [5.74, 6) is 0. The summed E-state index contributed by atoms with van der Waals surface area (Å²) >= 11 is 0. The molecule has 3 rings (SSSR count). The van der Waals surface area contributed by atoms with Crippen molar-refractivity contribution < 1.29 is 0 Å². The fourth-order valence-electron chi connectivity index (χ4n) is 3.20. The lowest BCUT2D eigenvalue weighted by Gasteiger charge is -2.36. The van der Waals surface area contributed by atoms with Gasteiger partial charge in [-0.05, 0) is 48.4 Å². The summed E-state index contributed by atoms with van der Waals surface area (Å²) in [5.41, 5.74) is 5.39. The van der Waals surface area contributed by atoms with E-state index in [-0.39, 0.29) is 5.41 Å². The second-order valence-corrected chi connectivity index (χ2v) is 6.83. The molecule has 1 aromatic carbocycles. The van der Waals surface area contributed by atoms with Crippen LogP contribution in [0, 0.1) is 0 Å². The van der Waals surface area contributed by atoms with Crippen LogP contribution in [0.15, 0.2) is 18.2 Å². The minimum Gasteiger partial charge on any atom is -0.296 e. The van der Waals surface area contributed by atoms with Gasteiger partial charge in [0.15, 0.2) is 0 Å². The van der Waals surface area contributed by atoms with Gasteiger partial charge in [0, 0.05) is 12.1 Å². The van der Waals surface area contributed by atoms with Crippen molar-refractivity contribution in [1.29, 1.82) is 0 Å². The molecule has 1 saturated carbocycles. The fourth-order valence-corrected chi connectivity index (χ4v) is 3.20. The van der Waals surface area contributed by atoms with Gasteiger partial charge in [-0.1, -0.05) is 39.0 Å². The Morgan fingerprint density at radius 2 is 1.88 bits per heavy atom. The number of hydrogen-bond acceptors (Lipinski definition) is 1. The lowest BCUT2D eigenvalue weighted by atomic mass is 9.82. The second-order valence-electron chi connectivity index (χ2n) is 6.83. The molecule has 1 heterocycles. The molecule has 92 valence electrons. The molecule has 0 bridgehead atoms. The average molecular weight is 229 g/mol. The highest BCUT2D eigenvalue weighted by Crippen LogP contribution is 2.53. The van der Waals surface area contributed by atoms with Crippen molar-refractivity contribution in [3.8, 4) is 0 Å². The molecule has 1 heteroatoms. The summed E-state index contributed by atoms with van der Waals surface area (Å²) in [6.07, 6.45) is 3.92. The Hall–Kier alpha value is -0.820. The maximum absolute atomic E-state index is 2.56. The Morgan fingerprint density at radius 1 is 1.18 bits per heavy atom. The van der Waals surface area contributed by atoms with E-state index < -0.39 is 0 Å². The first-order valence-corrected chi connectivity index (χ1v) is 6.79. The van der Waals surface area contributed by atoms with Gasteiger partial charge in [0.1, 0.15) is 0 Å². The second kappa shape index (κ2) is 3.35. The van der Waals surface area contributed by atoms with Crippen molar-refractivity contribution in [3.63, 3.8) is 0 Å². The van der Waals surface area contributed by atoms with E-state index in [2.05, 4.69) is 50.9 Å². The minimum absolute atomic E-state index is 0.273. The first-order chi connectivity index (χ1) is 7.93. The zero-order valence-corrected chi connectivity index (χ0v) is 11.5. The molecular weight excluding hydrogens is 206 g/mol. The van der Waals surface area contributed by atoms with Gasteiger partial charge in [0.05, 0.1) is 0 Å². The number of benzene rings is 1. The molecule has 1 aromatic rings. The quantitative estimate of drug-likeness (QED) is 0.658. The lowest BCUT2D eigenvalue weighted by Crippen LogP contribution is -2.38. The summed E-state index contributed by atoms with van der Waals surface area (Å²) in [6.45, 7) is 8.13. The van der Waals surface area contributed by atoms with Gasteiger partial charge in [-0.2, -0.15) is 0 Å². The molecule has 0 N–H and O–H groups in total. The highest BCUT2D eigenvalue weighted by molar-refractivity contribution is 5.44. The molecule has 0 unspecified atom stereocenters. The van der Waals surface area contributed by atoms with Crippen molar-refractivity contribution in [2.45, 2.75) is 51.0 Å². The van der Waals surface area contributed by atoms with Crippen LogP contribution in [0.5, 0.6) is 0 Å². The SMILES string of the molecule is CN1CCc2cc(C(C)(C)C)ccc2C12CC2. The standard InChI is InChI=1S/C16H23N/c1-15(2,3)13-5-6-14-12(11-13)7-10-17(4)16(14)8-9-16/h5-6,11H,7-10H2,1-4H3. The lowest BCUT2D eigenvalue weighted by molar-refractivity contribution is 0.208. The molecule has 1 spiro atoms. The highest BCUT2D eigenvalue weighted by atomic mass is 15.2. The van der Waals surface area contributed by atoms with Crippen molar-refractivity contribution >= 4 is 0 Å². The fraction of sp³-hybridized carbons (Fsp3) is 0.625. The van der Waals surface area contributed by atoms with E-state index in [4.69, 9.17) is 0 Å². The Morgan fingerprint density at radius 3 is 2.47 bits per heavy atom. The molecule has 0 aromatic heterocycles. The molecular formula is C16H23N. The smallest absolute Gasteiger partial charge is 0.0462 e. The predicted octanol–water partition coefficient (Wildman–Crippen LogP) is 3.46. The first-order valence-electron chi connectivity index (χ1n) is 6.79. The maximum atomic E-state index is 2.56. The van der Waals surface area contributed by atoms with E-state index in [1.807, 2.05) is 0 Å². The van der Waals surface area contributed by atoms with Crippen LogP contribution in [-0.2, 0) is 17.4 Å². The minimum atomic E-state index is 0.273. The highest BCUT2D eigenvalue weighted by Gasteiger charge is 2.50. The molecule has 17 heavy (non-hydrogen) atoms. The molecule has 0 atom stereocenters. The summed E-state index contributed by atoms with van der Waals surface area (Å²) < 4.78 is 0. The van der Waals surface area contributed by atoms with Gasteiger partial charge in [0.2, 0.25) is 0 Å². The number of hydrogen-bond donors (Lipinski definition) is 0. The Bertz CT molecular complexity index is 449. The Kier molecular flexibility index (Phi) is 2.22. The van der Waals surface area contributed by atoms with E-state index >= 15 is 0 Å². The van der Waals surface area contributed by atoms with E-state index in [0.717, 1.165) is 0 Å². The van der Waals surface area contributed by atoms with Crippen LogP contribution in [0.3, 0.4) is 0 Å². The average Bonchev–Trinajstić information content (AvgIpc) is 3.04. The topological polar surface area (TPSA) is 3.24 Å². The van der Waals surface area contributed by atoms with Crippen LogP contribution in [0.2, 0.25) is 0 Å². The van der Waals surface area contributed by atoms with Crippen LogP contribution in [0.25, 0.3) is 0 Å². The zero-order valence-electron chi connectivity index (χ0n) is 11.5. The summed E-state index contributed by atoms with van der Waals surface area (Å²) in [7, 11) is 2.29. The molecule has 1 aliphatic carbocycles. The third-order valence-electron chi connectivity index (χ3n) is 4.64. The number of likely N-dealkylation sites (N-methyl/N-ethyl adjacent to an activating group) is 1. The third-order valence-corrected chi connectivity index (χ3v) is 4.64. The van der Waals surface area contributed by atoms with Gasteiger partial charge in [-0.3, -0.25) is 4.90 Å². The third kappa shape index (κ3) is 1.63. The normalized spacial score (nSPS) is 22.6. The van der Waals surface area contributed by atoms with Gasteiger partial charge in [0.25, 0.3) is 0 Å². The maximum Gasteiger partial charge on any atom is 0.0462 e. The zero-order chi connectivity index (χ0) is 12.3. The van der Waals surface area contributed by atoms with Crippen LogP contribution >= 0.6 is 0 Å². The van der Waals surface area contributed by atoms with Crippen LogP contribution in [0.1, 0.15) is 50.3 Å². The van der Waals surface area contributed by atoms with Gasteiger partial charge in [-0.15, -0.1) is 0 Å². The monoisotopic (exact) mass is 229 g/mol. The van der Waals surface area contributed by atoms with Gasteiger partial charge >= 0.3 is 0 Å². The number of fused-ring (bicyclic) bond motifs is 2. The van der Waals surface area contributed by atoms with Gasteiger partial charge in [-0.25, -0.2) is 0 Å². The van der Waals surface area contributed by atoms with Crippen LogP contribution < -0.4 is 0 Å². The molecule has 2 aliphatic rings. The number of rotatable bonds is 0. The van der Waals surface area contributed by atoms with Crippen LogP contribution in [-0.4, -0.2) is 18.5 Å². The van der Waals surface area contributed by atoms with Crippen LogP contribution in [0.4, 0.5) is 0 Å². The molecule has 0 saturated heterocycles. The Balaban J connectivity index is 2.06. The van der Waals surface area contributed by atoms with Crippen molar-refractivity contribution in [1.82, 2.24) is 4.90 Å². The van der Waals surface area contributed by atoms with E-state index in [9.17, 15) is 0 Å². The number of nitrogens with zero attached hydrogens (tertiary/aromatic N) is 1. The van der Waals surface area contributed by atoms with E-state index in [1.54, 1.807) is 11.1 Å². The van der Waals surface area contributed by atoms with E-state index in [0.29, 0.717) is 5.54 Å². The largest absolute Gasteiger partial charge is 0.296 e. The van der Waals surface area contributed by atoms with Gasteiger partial charge < -0.3 is 0 Å². The molecule has 0 radical (unpaired) electrons. The molecule has 1 aliphatic heterocycles.